The third-order valence-corrected chi connectivity index (χ3v) is 10.0. The van der Waals surface area contributed by atoms with Crippen molar-refractivity contribution in [1.82, 2.24) is 0 Å². The first-order valence-electron chi connectivity index (χ1n) is 17.1. The molecule has 1 aromatic heterocycles. The van der Waals surface area contributed by atoms with Gasteiger partial charge >= 0.3 is 0 Å². The van der Waals surface area contributed by atoms with Crippen molar-refractivity contribution in [2.24, 2.45) is 0 Å². The Balaban J connectivity index is 1.20. The van der Waals surface area contributed by atoms with E-state index in [0.717, 1.165) is 39.0 Å². The molecule has 0 fully saturated rings. The molecule has 0 saturated carbocycles. The molecule has 0 atom stereocenters. The molecule has 0 amide bonds. The molecule has 0 N–H and O–H groups in total. The van der Waals surface area contributed by atoms with Crippen molar-refractivity contribution in [3.8, 4) is 22.3 Å². The van der Waals surface area contributed by atoms with E-state index in [1.54, 1.807) is 0 Å². The Bertz CT molecular complexity index is 2870. The zero-order valence-electron chi connectivity index (χ0n) is 27.3. The minimum atomic E-state index is 0.872. The van der Waals surface area contributed by atoms with Gasteiger partial charge in [0, 0.05) is 33.9 Å². The second-order valence-electron chi connectivity index (χ2n) is 12.9. The van der Waals surface area contributed by atoms with Crippen LogP contribution in [0.2, 0.25) is 0 Å². The van der Waals surface area contributed by atoms with E-state index < -0.39 is 0 Å². The lowest BCUT2D eigenvalue weighted by molar-refractivity contribution is 0.669. The normalized spacial score (nSPS) is 11.6. The molecule has 1 heterocycles. The number of benzene rings is 9. The van der Waals surface area contributed by atoms with Gasteiger partial charge in [-0.1, -0.05) is 140 Å². The van der Waals surface area contributed by atoms with Crippen molar-refractivity contribution in [2.75, 3.05) is 4.90 Å². The molecule has 10 rings (SSSR count). The van der Waals surface area contributed by atoms with Crippen LogP contribution < -0.4 is 4.90 Å². The number of nitrogens with zero attached hydrogens (tertiary/aromatic N) is 1. The molecule has 0 radical (unpaired) electrons. The minimum absolute atomic E-state index is 0.872. The molecule has 0 unspecified atom stereocenters. The fraction of sp³-hybridized carbons (Fsp3) is 0. The van der Waals surface area contributed by atoms with E-state index >= 15 is 0 Å². The lowest BCUT2D eigenvalue weighted by atomic mass is 9.93. The first-order chi connectivity index (χ1) is 24.8. The lowest BCUT2D eigenvalue weighted by Gasteiger charge is -2.27. The smallest absolute Gasteiger partial charge is 0.137 e. The second kappa shape index (κ2) is 11.5. The molecular weight excluding hydrogens is 607 g/mol. The molecular formula is C48H31NO. The highest BCUT2D eigenvalue weighted by atomic mass is 16.3. The van der Waals surface area contributed by atoms with Crippen LogP contribution in [0.4, 0.5) is 17.1 Å². The summed E-state index contributed by atoms with van der Waals surface area (Å²) in [5.41, 5.74) is 9.72. The van der Waals surface area contributed by atoms with Crippen LogP contribution >= 0.6 is 0 Å². The van der Waals surface area contributed by atoms with Gasteiger partial charge in [0.05, 0.1) is 0 Å². The third kappa shape index (κ3) is 4.65. The third-order valence-electron chi connectivity index (χ3n) is 10.0. The van der Waals surface area contributed by atoms with Gasteiger partial charge in [0.25, 0.3) is 0 Å². The Morgan fingerprint density at radius 1 is 0.300 bits per heavy atom. The molecule has 0 aliphatic rings. The van der Waals surface area contributed by atoms with E-state index in [9.17, 15) is 0 Å². The van der Waals surface area contributed by atoms with Crippen LogP contribution in [-0.4, -0.2) is 0 Å². The van der Waals surface area contributed by atoms with Gasteiger partial charge in [0.1, 0.15) is 11.2 Å². The fourth-order valence-corrected chi connectivity index (χ4v) is 7.65. The summed E-state index contributed by atoms with van der Waals surface area (Å²) in [5, 5.41) is 9.77. The highest BCUT2D eigenvalue weighted by Crippen LogP contribution is 2.43. The number of fused-ring (bicyclic) bond motifs is 8. The number of hydrogen-bond donors (Lipinski definition) is 0. The van der Waals surface area contributed by atoms with Crippen LogP contribution in [0.15, 0.2) is 192 Å². The van der Waals surface area contributed by atoms with Crippen LogP contribution in [0.3, 0.4) is 0 Å². The number of para-hydroxylation sites is 1. The summed E-state index contributed by atoms with van der Waals surface area (Å²) < 4.78 is 6.41. The van der Waals surface area contributed by atoms with E-state index in [1.165, 1.54) is 54.6 Å². The predicted molar refractivity (Wildman–Crippen MR) is 212 cm³/mol. The van der Waals surface area contributed by atoms with Crippen LogP contribution in [0, 0.1) is 0 Å². The molecule has 0 spiro atoms. The molecule has 2 heteroatoms. The zero-order valence-corrected chi connectivity index (χ0v) is 27.3. The summed E-state index contributed by atoms with van der Waals surface area (Å²) in [6.07, 6.45) is 0. The highest BCUT2D eigenvalue weighted by Gasteiger charge is 2.19. The van der Waals surface area contributed by atoms with Crippen molar-refractivity contribution in [1.29, 1.82) is 0 Å². The molecule has 9 aromatic carbocycles. The van der Waals surface area contributed by atoms with Gasteiger partial charge in [-0.2, -0.15) is 0 Å². The first-order valence-corrected chi connectivity index (χ1v) is 17.1. The average molecular weight is 638 g/mol. The van der Waals surface area contributed by atoms with Crippen molar-refractivity contribution < 1.29 is 4.42 Å². The largest absolute Gasteiger partial charge is 0.456 e. The van der Waals surface area contributed by atoms with E-state index in [-0.39, 0.29) is 0 Å². The van der Waals surface area contributed by atoms with E-state index in [1.807, 2.05) is 12.1 Å². The fourth-order valence-electron chi connectivity index (χ4n) is 7.65. The molecule has 0 aliphatic carbocycles. The topological polar surface area (TPSA) is 16.4 Å². The molecule has 0 bridgehead atoms. The highest BCUT2D eigenvalue weighted by molar-refractivity contribution is 6.17. The van der Waals surface area contributed by atoms with Gasteiger partial charge in [-0.25, -0.2) is 0 Å². The Morgan fingerprint density at radius 3 is 1.60 bits per heavy atom. The van der Waals surface area contributed by atoms with Crippen molar-refractivity contribution in [3.05, 3.63) is 188 Å². The molecule has 0 saturated heterocycles. The maximum absolute atomic E-state index is 6.41. The summed E-state index contributed by atoms with van der Waals surface area (Å²) >= 11 is 0. The van der Waals surface area contributed by atoms with Gasteiger partial charge in [-0.3, -0.25) is 0 Å². The summed E-state index contributed by atoms with van der Waals surface area (Å²) in [4.78, 5) is 2.36. The molecule has 234 valence electrons. The van der Waals surface area contributed by atoms with Crippen LogP contribution in [0.1, 0.15) is 0 Å². The predicted octanol–water partition coefficient (Wildman–Crippen LogP) is 13.8. The van der Waals surface area contributed by atoms with Crippen LogP contribution in [-0.2, 0) is 0 Å². The second-order valence-corrected chi connectivity index (χ2v) is 12.9. The maximum Gasteiger partial charge on any atom is 0.137 e. The van der Waals surface area contributed by atoms with Gasteiger partial charge in [-0.05, 0) is 97.0 Å². The molecule has 0 aliphatic heterocycles. The quantitative estimate of drug-likeness (QED) is 0.175. The maximum atomic E-state index is 6.41. The van der Waals surface area contributed by atoms with Crippen LogP contribution in [0.5, 0.6) is 0 Å². The standard InChI is InChI=1S/C48H31NO/c1-3-11-32(12-4-1)40-26-22-37(30-46(40)33-13-5-2-6-14-33)49(38-23-28-45-44-17-9-10-18-47(44)50-48(45)31-38)36-21-27-41-35(29-36)20-25-42-39-16-8-7-15-34(39)19-24-43(41)42/h1-31H. The van der Waals surface area contributed by atoms with E-state index in [4.69, 9.17) is 4.42 Å². The van der Waals surface area contributed by atoms with Crippen molar-refractivity contribution in [3.63, 3.8) is 0 Å². The van der Waals surface area contributed by atoms with E-state index in [2.05, 4.69) is 181 Å². The number of anilines is 3. The number of rotatable bonds is 5. The Morgan fingerprint density at radius 2 is 0.820 bits per heavy atom. The number of furan rings is 1. The Labute approximate surface area is 290 Å². The SMILES string of the molecule is c1ccc(-c2ccc(N(c3ccc4c(ccc5c6ccccc6ccc45)c3)c3ccc4c(c3)oc3ccccc34)cc2-c2ccccc2)cc1. The Kier molecular flexibility index (Phi) is 6.53. The first kappa shape index (κ1) is 28.4. The van der Waals surface area contributed by atoms with Gasteiger partial charge in [0.15, 0.2) is 0 Å². The molecule has 2 nitrogen and oxygen atoms in total. The van der Waals surface area contributed by atoms with E-state index in [0.29, 0.717) is 0 Å². The summed E-state index contributed by atoms with van der Waals surface area (Å²) in [7, 11) is 0. The molecule has 10 aromatic rings. The van der Waals surface area contributed by atoms with Gasteiger partial charge < -0.3 is 9.32 Å². The van der Waals surface area contributed by atoms with Gasteiger partial charge in [0.2, 0.25) is 0 Å². The Hall–Kier alpha value is -6.64. The zero-order chi connectivity index (χ0) is 33.0. The van der Waals surface area contributed by atoms with Crippen LogP contribution in [0.25, 0.3) is 76.5 Å². The van der Waals surface area contributed by atoms with Gasteiger partial charge in [-0.15, -0.1) is 0 Å². The number of hydrogen-bond acceptors (Lipinski definition) is 2. The molecule has 50 heavy (non-hydrogen) atoms. The summed E-state index contributed by atoms with van der Waals surface area (Å²) in [6, 6.07) is 67.6. The summed E-state index contributed by atoms with van der Waals surface area (Å²) in [5.74, 6) is 0. The minimum Gasteiger partial charge on any atom is -0.456 e. The lowest BCUT2D eigenvalue weighted by Crippen LogP contribution is -2.10. The van der Waals surface area contributed by atoms with Crippen molar-refractivity contribution in [2.45, 2.75) is 0 Å². The van der Waals surface area contributed by atoms with Crippen molar-refractivity contribution >= 4 is 71.3 Å². The summed E-state index contributed by atoms with van der Waals surface area (Å²) in [6.45, 7) is 0. The monoisotopic (exact) mass is 637 g/mol. The average Bonchev–Trinajstić information content (AvgIpc) is 3.56.